The fourth-order valence-corrected chi connectivity index (χ4v) is 5.65. The number of aromatic nitrogens is 3. The second-order valence-corrected chi connectivity index (χ2v) is 11.8. The predicted molar refractivity (Wildman–Crippen MR) is 157 cm³/mol. The van der Waals surface area contributed by atoms with Crippen molar-refractivity contribution >= 4 is 23.2 Å². The van der Waals surface area contributed by atoms with Crippen LogP contribution in [0.4, 0.5) is 4.39 Å². The Hall–Kier alpha value is -3.49. The van der Waals surface area contributed by atoms with E-state index in [1.807, 2.05) is 59.7 Å². The second kappa shape index (κ2) is 11.1. The van der Waals surface area contributed by atoms with Crippen molar-refractivity contribution in [2.75, 3.05) is 13.2 Å². The molecule has 1 unspecified atom stereocenters. The molecule has 2 aromatic carbocycles. The highest BCUT2D eigenvalue weighted by Crippen LogP contribution is 2.42. The first kappa shape index (κ1) is 29.0. The molecule has 0 radical (unpaired) electrons. The molecule has 0 bridgehead atoms. The number of hydrogen-bond acceptors (Lipinski definition) is 6. The van der Waals surface area contributed by atoms with Gasteiger partial charge in [-0.25, -0.2) is 18.7 Å². The number of fused-ring (bicyclic) bond motifs is 2. The third kappa shape index (κ3) is 5.43. The van der Waals surface area contributed by atoms with E-state index in [4.69, 9.17) is 35.9 Å². The fourth-order valence-electron chi connectivity index (χ4n) is 5.46. The van der Waals surface area contributed by atoms with E-state index < -0.39 is 23.5 Å². The van der Waals surface area contributed by atoms with Gasteiger partial charge in [-0.2, -0.15) is 5.10 Å². The number of carbonyl (C=O) groups is 1. The number of nitrogens with zero attached hydrogens (tertiary/aromatic N) is 3. The summed E-state index contributed by atoms with van der Waals surface area (Å²) < 4.78 is 34.9. The van der Waals surface area contributed by atoms with Crippen molar-refractivity contribution in [1.82, 2.24) is 14.6 Å². The third-order valence-electron chi connectivity index (χ3n) is 7.25. The minimum Gasteiger partial charge on any atom is -0.490 e. The molecular formula is C32H35ClFN3O4. The smallest absolute Gasteiger partial charge is 0.340 e. The standard InChI is InChI=1S/C32H35ClFN3O4/c1-8-39-31(38)29(41-32(5,6)7)25-19(4)35-30-18(3)26(20-11-9-12-21(33)15-20)36-37(30)27(25)23-16-24(34)28-22(17(23)2)13-10-14-40-28/h9,11-12,15-16,29H,8,10,13-14H2,1-7H3. The van der Waals surface area contributed by atoms with E-state index in [0.29, 0.717) is 51.9 Å². The number of carbonyl (C=O) groups excluding carboxylic acids is 1. The number of ether oxygens (including phenoxy) is 3. The van der Waals surface area contributed by atoms with Crippen molar-refractivity contribution in [2.24, 2.45) is 0 Å². The molecule has 9 heteroatoms. The molecule has 0 saturated carbocycles. The molecule has 41 heavy (non-hydrogen) atoms. The molecule has 1 atom stereocenters. The molecule has 1 aliphatic rings. The Morgan fingerprint density at radius 3 is 2.63 bits per heavy atom. The van der Waals surface area contributed by atoms with Gasteiger partial charge in [-0.1, -0.05) is 23.7 Å². The molecule has 216 valence electrons. The highest BCUT2D eigenvalue weighted by Gasteiger charge is 2.36. The molecule has 0 fully saturated rings. The summed E-state index contributed by atoms with van der Waals surface area (Å²) >= 11 is 6.32. The maximum Gasteiger partial charge on any atom is 0.340 e. The van der Waals surface area contributed by atoms with E-state index >= 15 is 4.39 Å². The number of esters is 1. The van der Waals surface area contributed by atoms with Gasteiger partial charge >= 0.3 is 5.97 Å². The summed E-state index contributed by atoms with van der Waals surface area (Å²) in [4.78, 5) is 18.4. The van der Waals surface area contributed by atoms with Crippen LogP contribution in [0.2, 0.25) is 5.02 Å². The largest absolute Gasteiger partial charge is 0.490 e. The van der Waals surface area contributed by atoms with Gasteiger partial charge in [0.15, 0.2) is 23.3 Å². The van der Waals surface area contributed by atoms with Gasteiger partial charge < -0.3 is 14.2 Å². The van der Waals surface area contributed by atoms with Crippen LogP contribution in [0.5, 0.6) is 5.75 Å². The minimum atomic E-state index is -1.13. The van der Waals surface area contributed by atoms with Gasteiger partial charge in [0.1, 0.15) is 0 Å². The highest BCUT2D eigenvalue weighted by molar-refractivity contribution is 6.30. The van der Waals surface area contributed by atoms with E-state index in [-0.39, 0.29) is 12.4 Å². The number of benzene rings is 2. The molecule has 0 saturated heterocycles. The molecule has 3 heterocycles. The van der Waals surface area contributed by atoms with Crippen molar-refractivity contribution < 1.29 is 23.4 Å². The van der Waals surface area contributed by atoms with Crippen LogP contribution < -0.4 is 4.74 Å². The molecule has 7 nitrogen and oxygen atoms in total. The zero-order valence-electron chi connectivity index (χ0n) is 24.5. The Morgan fingerprint density at radius 2 is 1.95 bits per heavy atom. The quantitative estimate of drug-likeness (QED) is 0.220. The van der Waals surface area contributed by atoms with Crippen LogP contribution in [-0.2, 0) is 20.7 Å². The molecule has 1 aliphatic heterocycles. The normalized spacial score (nSPS) is 14.1. The third-order valence-corrected chi connectivity index (χ3v) is 7.48. The van der Waals surface area contributed by atoms with Gasteiger partial charge in [-0.05, 0) is 85.1 Å². The summed E-state index contributed by atoms with van der Waals surface area (Å²) in [6, 6.07) is 8.90. The Bertz CT molecular complexity index is 1660. The summed E-state index contributed by atoms with van der Waals surface area (Å²) in [6.07, 6.45) is 0.336. The van der Waals surface area contributed by atoms with Crippen LogP contribution in [0.25, 0.3) is 28.2 Å². The molecule has 4 aromatic rings. The molecule has 0 spiro atoms. The molecule has 2 aromatic heterocycles. The van der Waals surface area contributed by atoms with Gasteiger partial charge in [-0.3, -0.25) is 0 Å². The Kier molecular flexibility index (Phi) is 7.83. The maximum absolute atomic E-state index is 15.7. The van der Waals surface area contributed by atoms with Gasteiger partial charge in [0.05, 0.1) is 30.2 Å². The Labute approximate surface area is 244 Å². The number of aryl methyl sites for hydroxylation is 2. The summed E-state index contributed by atoms with van der Waals surface area (Å²) in [6.45, 7) is 13.7. The van der Waals surface area contributed by atoms with Crippen molar-refractivity contribution in [3.63, 3.8) is 0 Å². The lowest BCUT2D eigenvalue weighted by atomic mass is 9.90. The Morgan fingerprint density at radius 1 is 1.20 bits per heavy atom. The van der Waals surface area contributed by atoms with Crippen LogP contribution in [0.3, 0.4) is 0 Å². The van der Waals surface area contributed by atoms with Gasteiger partial charge in [0.2, 0.25) is 0 Å². The number of rotatable bonds is 6. The van der Waals surface area contributed by atoms with E-state index in [1.54, 1.807) is 17.5 Å². The van der Waals surface area contributed by atoms with Gasteiger partial charge in [0.25, 0.3) is 0 Å². The SMILES string of the molecule is CCOC(=O)C(OC(C)(C)C)c1c(C)nc2c(C)c(-c3cccc(Cl)c3)nn2c1-c1cc(F)c2c(c1C)CCCO2. The van der Waals surface area contributed by atoms with Crippen molar-refractivity contribution in [2.45, 2.75) is 73.0 Å². The van der Waals surface area contributed by atoms with E-state index in [0.717, 1.165) is 28.7 Å². The van der Waals surface area contributed by atoms with Gasteiger partial charge in [0, 0.05) is 38.5 Å². The minimum absolute atomic E-state index is 0.177. The predicted octanol–water partition coefficient (Wildman–Crippen LogP) is 7.53. The van der Waals surface area contributed by atoms with Crippen molar-refractivity contribution in [3.05, 3.63) is 69.1 Å². The maximum atomic E-state index is 15.7. The molecule has 0 amide bonds. The first-order chi connectivity index (χ1) is 19.4. The molecule has 5 rings (SSSR count). The van der Waals surface area contributed by atoms with Crippen LogP contribution in [0.1, 0.15) is 68.2 Å². The first-order valence-corrected chi connectivity index (χ1v) is 14.2. The average Bonchev–Trinajstić information content (AvgIpc) is 3.24. The van der Waals surface area contributed by atoms with Crippen LogP contribution in [-0.4, -0.2) is 39.4 Å². The monoisotopic (exact) mass is 579 g/mol. The zero-order valence-corrected chi connectivity index (χ0v) is 25.3. The topological polar surface area (TPSA) is 75.0 Å². The molecule has 0 aliphatic carbocycles. The van der Waals surface area contributed by atoms with Crippen LogP contribution in [0.15, 0.2) is 30.3 Å². The lowest BCUT2D eigenvalue weighted by Gasteiger charge is -2.29. The summed E-state index contributed by atoms with van der Waals surface area (Å²) in [5, 5.41) is 5.58. The Balaban J connectivity index is 1.90. The lowest BCUT2D eigenvalue weighted by molar-refractivity contribution is -0.166. The summed E-state index contributed by atoms with van der Waals surface area (Å²) in [5.74, 6) is -0.728. The van der Waals surface area contributed by atoms with Crippen molar-refractivity contribution in [3.8, 4) is 28.3 Å². The lowest BCUT2D eigenvalue weighted by Crippen LogP contribution is -2.30. The van der Waals surface area contributed by atoms with Crippen LogP contribution >= 0.6 is 11.6 Å². The zero-order chi connectivity index (χ0) is 29.6. The summed E-state index contributed by atoms with van der Waals surface area (Å²) in [5.41, 5.74) is 6.02. The van der Waals surface area contributed by atoms with Crippen molar-refractivity contribution in [1.29, 1.82) is 0 Å². The fraction of sp³-hybridized carbons (Fsp3) is 0.406. The molecule has 0 N–H and O–H groups in total. The highest BCUT2D eigenvalue weighted by atomic mass is 35.5. The first-order valence-electron chi connectivity index (χ1n) is 13.9. The average molecular weight is 580 g/mol. The number of halogens is 2. The van der Waals surface area contributed by atoms with Crippen LogP contribution in [0, 0.1) is 26.6 Å². The second-order valence-electron chi connectivity index (χ2n) is 11.3. The van der Waals surface area contributed by atoms with E-state index in [1.165, 1.54) is 6.07 Å². The number of hydrogen-bond donors (Lipinski definition) is 0. The van der Waals surface area contributed by atoms with E-state index in [9.17, 15) is 4.79 Å². The van der Waals surface area contributed by atoms with E-state index in [2.05, 4.69) is 0 Å². The molecular weight excluding hydrogens is 545 g/mol. The van der Waals surface area contributed by atoms with Gasteiger partial charge in [-0.15, -0.1) is 0 Å². The summed E-state index contributed by atoms with van der Waals surface area (Å²) in [7, 11) is 0.